The van der Waals surface area contributed by atoms with Gasteiger partial charge in [-0.1, -0.05) is 6.92 Å². The highest BCUT2D eigenvalue weighted by Gasteiger charge is 2.40. The molecule has 8 heteroatoms. The van der Waals surface area contributed by atoms with E-state index in [4.69, 9.17) is 9.47 Å². The van der Waals surface area contributed by atoms with E-state index in [1.54, 1.807) is 4.90 Å². The maximum atomic E-state index is 13.2. The van der Waals surface area contributed by atoms with Gasteiger partial charge in [0.05, 0.1) is 37.9 Å². The molecular formula is C21H29FN2O5. The van der Waals surface area contributed by atoms with E-state index < -0.39 is 11.9 Å². The Hall–Kier alpha value is -2.03. The van der Waals surface area contributed by atoms with E-state index in [2.05, 4.69) is 5.32 Å². The van der Waals surface area contributed by atoms with Gasteiger partial charge in [0.1, 0.15) is 11.9 Å². The number of carbonyl (C=O) groups is 2. The number of benzene rings is 1. The lowest BCUT2D eigenvalue weighted by molar-refractivity contribution is -0.150. The second kappa shape index (κ2) is 10.1. The Morgan fingerprint density at radius 2 is 2.00 bits per heavy atom. The molecule has 2 aliphatic heterocycles. The fourth-order valence-electron chi connectivity index (χ4n) is 3.88. The van der Waals surface area contributed by atoms with Crippen LogP contribution in [0.1, 0.15) is 43.0 Å². The van der Waals surface area contributed by atoms with E-state index in [1.807, 2.05) is 6.92 Å². The summed E-state index contributed by atoms with van der Waals surface area (Å²) in [4.78, 5) is 26.7. The Morgan fingerprint density at radius 3 is 2.72 bits per heavy atom. The molecule has 7 nitrogen and oxygen atoms in total. The number of fused-ring (bicyclic) bond motifs is 1. The number of aliphatic hydroxyl groups excluding tert-OH is 1. The maximum Gasteiger partial charge on any atom is 0.254 e. The molecule has 0 radical (unpaired) electrons. The van der Waals surface area contributed by atoms with Crippen LogP contribution in [0.4, 0.5) is 4.39 Å². The Morgan fingerprint density at radius 1 is 1.24 bits per heavy atom. The highest BCUT2D eigenvalue weighted by molar-refractivity contribution is 5.94. The van der Waals surface area contributed by atoms with Gasteiger partial charge in [-0.2, -0.15) is 0 Å². The van der Waals surface area contributed by atoms with E-state index in [0.717, 1.165) is 6.42 Å². The molecule has 2 aliphatic rings. The lowest BCUT2D eigenvalue weighted by atomic mass is 9.94. The van der Waals surface area contributed by atoms with Crippen molar-refractivity contribution < 1.29 is 28.6 Å². The van der Waals surface area contributed by atoms with Crippen LogP contribution in [0.2, 0.25) is 0 Å². The minimum Gasteiger partial charge on any atom is -0.389 e. The lowest BCUT2D eigenvalue weighted by Gasteiger charge is -2.44. The van der Waals surface area contributed by atoms with Crippen molar-refractivity contribution in [1.82, 2.24) is 10.2 Å². The van der Waals surface area contributed by atoms with Crippen LogP contribution in [0.5, 0.6) is 0 Å². The summed E-state index contributed by atoms with van der Waals surface area (Å²) in [5, 5.41) is 13.0. The number of halogens is 1. The predicted molar refractivity (Wildman–Crippen MR) is 104 cm³/mol. The van der Waals surface area contributed by atoms with Gasteiger partial charge in [0.2, 0.25) is 5.91 Å². The normalized spacial score (nSPS) is 27.5. The second-order valence-corrected chi connectivity index (χ2v) is 7.65. The zero-order chi connectivity index (χ0) is 20.8. The fraction of sp³-hybridized carbons (Fsp3) is 0.619. The Kier molecular flexibility index (Phi) is 7.57. The van der Waals surface area contributed by atoms with Crippen molar-refractivity contribution in [3.63, 3.8) is 0 Å². The minimum absolute atomic E-state index is 0.0447. The van der Waals surface area contributed by atoms with E-state index in [9.17, 15) is 19.1 Å². The van der Waals surface area contributed by atoms with Gasteiger partial charge in [0.15, 0.2) is 0 Å². The average molecular weight is 408 g/mol. The molecule has 0 bridgehead atoms. The molecule has 160 valence electrons. The van der Waals surface area contributed by atoms with Crippen LogP contribution in [0.3, 0.4) is 0 Å². The largest absolute Gasteiger partial charge is 0.389 e. The molecule has 0 unspecified atom stereocenters. The van der Waals surface area contributed by atoms with Crippen molar-refractivity contribution in [2.24, 2.45) is 0 Å². The number of hydrogen-bond donors (Lipinski definition) is 2. The third kappa shape index (κ3) is 5.74. The molecule has 0 spiro atoms. The molecule has 4 atom stereocenters. The molecule has 1 aromatic rings. The third-order valence-electron chi connectivity index (χ3n) is 5.32. The van der Waals surface area contributed by atoms with Gasteiger partial charge >= 0.3 is 0 Å². The van der Waals surface area contributed by atoms with Gasteiger partial charge in [-0.3, -0.25) is 9.59 Å². The number of ether oxygens (including phenoxy) is 2. The molecule has 1 aromatic carbocycles. The number of aliphatic hydroxyl groups is 1. The van der Waals surface area contributed by atoms with Crippen LogP contribution in [-0.4, -0.2) is 72.5 Å². The van der Waals surface area contributed by atoms with Crippen molar-refractivity contribution in [3.8, 4) is 0 Å². The Balaban J connectivity index is 1.71. The Bertz CT molecular complexity index is 699. The van der Waals surface area contributed by atoms with E-state index in [1.165, 1.54) is 24.3 Å². The number of β-amino-alcohol motifs (C(OH)–C–C–N with tert-alkyl or cyclic N) is 1. The molecular weight excluding hydrogens is 379 g/mol. The molecule has 2 N–H and O–H groups in total. The zero-order valence-corrected chi connectivity index (χ0v) is 16.7. The number of rotatable bonds is 5. The van der Waals surface area contributed by atoms with Crippen LogP contribution in [0, 0.1) is 5.82 Å². The molecule has 0 aliphatic carbocycles. The zero-order valence-electron chi connectivity index (χ0n) is 16.7. The fourth-order valence-corrected chi connectivity index (χ4v) is 3.88. The minimum atomic E-state index is -0.808. The molecule has 2 fully saturated rings. The summed E-state index contributed by atoms with van der Waals surface area (Å²) in [6.07, 6.45) is 0.992. The monoisotopic (exact) mass is 408 g/mol. The second-order valence-electron chi connectivity index (χ2n) is 7.65. The number of nitrogens with one attached hydrogen (secondary N) is 1. The first-order valence-corrected chi connectivity index (χ1v) is 10.2. The number of carbonyl (C=O) groups excluding carboxylic acids is 2. The van der Waals surface area contributed by atoms with E-state index in [0.29, 0.717) is 24.9 Å². The SMILES string of the molecule is CCCNC(=O)C[C@@H]1CC[C@@H]2[C@H](COC[C@H](O)CN2C(=O)c2ccc(F)cc2)O1. The third-order valence-corrected chi connectivity index (χ3v) is 5.32. The van der Waals surface area contributed by atoms with Crippen LogP contribution < -0.4 is 5.32 Å². The van der Waals surface area contributed by atoms with Gasteiger partial charge < -0.3 is 24.8 Å². The highest BCUT2D eigenvalue weighted by atomic mass is 19.1. The van der Waals surface area contributed by atoms with Gasteiger partial charge in [-0.15, -0.1) is 0 Å². The van der Waals surface area contributed by atoms with E-state index >= 15 is 0 Å². The van der Waals surface area contributed by atoms with Gasteiger partial charge in [-0.05, 0) is 43.5 Å². The van der Waals surface area contributed by atoms with Crippen molar-refractivity contribution >= 4 is 11.8 Å². The first kappa shape index (κ1) is 21.7. The van der Waals surface area contributed by atoms with Crippen LogP contribution in [0.25, 0.3) is 0 Å². The van der Waals surface area contributed by atoms with Crippen molar-refractivity contribution in [2.75, 3.05) is 26.3 Å². The van der Waals surface area contributed by atoms with Crippen molar-refractivity contribution in [3.05, 3.63) is 35.6 Å². The summed E-state index contributed by atoms with van der Waals surface area (Å²) >= 11 is 0. The average Bonchev–Trinajstić information content (AvgIpc) is 2.70. The van der Waals surface area contributed by atoms with Crippen LogP contribution >= 0.6 is 0 Å². The predicted octanol–water partition coefficient (Wildman–Crippen LogP) is 1.49. The summed E-state index contributed by atoms with van der Waals surface area (Å²) in [6, 6.07) is 5.10. The van der Waals surface area contributed by atoms with Gasteiger partial charge in [-0.25, -0.2) is 4.39 Å². The van der Waals surface area contributed by atoms with Crippen molar-refractivity contribution in [1.29, 1.82) is 0 Å². The number of amides is 2. The summed E-state index contributed by atoms with van der Waals surface area (Å²) in [5.41, 5.74) is 0.361. The summed E-state index contributed by atoms with van der Waals surface area (Å²) in [6.45, 7) is 3.08. The summed E-state index contributed by atoms with van der Waals surface area (Å²) in [5.74, 6) is -0.730. The Labute approximate surface area is 170 Å². The lowest BCUT2D eigenvalue weighted by Crippen LogP contribution is -2.57. The topological polar surface area (TPSA) is 88.1 Å². The first-order valence-electron chi connectivity index (χ1n) is 10.2. The van der Waals surface area contributed by atoms with Crippen LogP contribution in [0.15, 0.2) is 24.3 Å². The molecule has 0 aromatic heterocycles. The molecule has 0 saturated carbocycles. The quantitative estimate of drug-likeness (QED) is 0.771. The standard InChI is InChI=1S/C21H29FN2O5/c1-2-9-23-20(26)10-17-7-8-18-19(29-17)13-28-12-16(25)11-24(18)21(27)14-3-5-15(22)6-4-14/h3-6,16-19,25H,2,7-13H2,1H3,(H,23,26)/t16-,17+,18-,19+/m1/s1. The molecule has 3 rings (SSSR count). The number of nitrogens with zero attached hydrogens (tertiary/aromatic N) is 1. The first-order chi connectivity index (χ1) is 14.0. The smallest absolute Gasteiger partial charge is 0.254 e. The van der Waals surface area contributed by atoms with Gasteiger partial charge in [0.25, 0.3) is 5.91 Å². The van der Waals surface area contributed by atoms with Gasteiger partial charge in [0, 0.05) is 18.7 Å². The highest BCUT2D eigenvalue weighted by Crippen LogP contribution is 2.28. The maximum absolute atomic E-state index is 13.2. The molecule has 2 saturated heterocycles. The summed E-state index contributed by atoms with van der Waals surface area (Å²) < 4.78 is 24.9. The molecule has 29 heavy (non-hydrogen) atoms. The van der Waals surface area contributed by atoms with Crippen molar-refractivity contribution in [2.45, 2.75) is 57.0 Å². The van der Waals surface area contributed by atoms with Crippen LogP contribution in [-0.2, 0) is 14.3 Å². The van der Waals surface area contributed by atoms with E-state index in [-0.39, 0.29) is 56.2 Å². The summed E-state index contributed by atoms with van der Waals surface area (Å²) in [7, 11) is 0. The molecule has 2 heterocycles. The number of hydrogen-bond acceptors (Lipinski definition) is 5. The molecule has 2 amide bonds.